The predicted molar refractivity (Wildman–Crippen MR) is 136 cm³/mol. The van der Waals surface area contributed by atoms with Crippen LogP contribution >= 0.6 is 11.8 Å². The van der Waals surface area contributed by atoms with E-state index in [9.17, 15) is 9.59 Å². The van der Waals surface area contributed by atoms with E-state index in [1.165, 1.54) is 0 Å². The van der Waals surface area contributed by atoms with E-state index < -0.39 is 6.23 Å². The molecule has 9 heteroatoms. The van der Waals surface area contributed by atoms with Gasteiger partial charge in [-0.3, -0.25) is 20.3 Å². The molecule has 1 fully saturated rings. The quantitative estimate of drug-likeness (QED) is 0.244. The number of carbonyl (C=O) groups is 2. The normalized spacial score (nSPS) is 19.8. The minimum absolute atomic E-state index is 0.0923. The van der Waals surface area contributed by atoms with Gasteiger partial charge in [-0.25, -0.2) is 0 Å². The van der Waals surface area contributed by atoms with Gasteiger partial charge in [-0.1, -0.05) is 36.4 Å². The lowest BCUT2D eigenvalue weighted by atomic mass is 9.90. The van der Waals surface area contributed by atoms with Crippen LogP contribution in [-0.2, 0) is 20.7 Å². The topological polar surface area (TPSA) is 103 Å². The summed E-state index contributed by atoms with van der Waals surface area (Å²) < 4.78 is 15.9. The molecule has 0 radical (unpaired) electrons. The molecular formula is C26H31N3O5S. The molecule has 0 bridgehead atoms. The van der Waals surface area contributed by atoms with Gasteiger partial charge in [-0.05, 0) is 23.6 Å². The van der Waals surface area contributed by atoms with Crippen molar-refractivity contribution in [3.05, 3.63) is 64.7 Å². The SMILES string of the molecule is COCCOC(=O)CC1Cc2ccc(C(=O)c3ccc(C=NN4CCSCC4)cc3)cc2OC1N. The molecule has 0 spiro atoms. The number of ether oxygens (including phenoxy) is 3. The number of benzene rings is 2. The highest BCUT2D eigenvalue weighted by Crippen LogP contribution is 2.32. The molecule has 2 aromatic rings. The Labute approximate surface area is 209 Å². The van der Waals surface area contributed by atoms with Crippen molar-refractivity contribution >= 4 is 29.7 Å². The summed E-state index contributed by atoms with van der Waals surface area (Å²) in [6.45, 7) is 2.49. The molecule has 2 aliphatic heterocycles. The van der Waals surface area contributed by atoms with Crippen molar-refractivity contribution in [2.45, 2.75) is 19.1 Å². The molecule has 2 aliphatic rings. The number of hydrazone groups is 1. The van der Waals surface area contributed by atoms with Gasteiger partial charge in [-0.15, -0.1) is 0 Å². The number of thioether (sulfide) groups is 1. The molecule has 2 aromatic carbocycles. The number of methoxy groups -OCH3 is 1. The lowest BCUT2D eigenvalue weighted by Gasteiger charge is -2.30. The lowest BCUT2D eigenvalue weighted by Crippen LogP contribution is -2.41. The number of ketones is 1. The molecule has 0 amide bonds. The van der Waals surface area contributed by atoms with Gasteiger partial charge >= 0.3 is 5.97 Å². The Morgan fingerprint density at radius 2 is 1.89 bits per heavy atom. The summed E-state index contributed by atoms with van der Waals surface area (Å²) in [5.74, 6) is 2.16. The van der Waals surface area contributed by atoms with E-state index in [1.54, 1.807) is 19.2 Å². The van der Waals surface area contributed by atoms with Crippen LogP contribution in [0.3, 0.4) is 0 Å². The Hall–Kier alpha value is -2.88. The zero-order valence-corrected chi connectivity index (χ0v) is 20.7. The summed E-state index contributed by atoms with van der Waals surface area (Å²) >= 11 is 1.95. The maximum atomic E-state index is 13.1. The van der Waals surface area contributed by atoms with Gasteiger partial charge in [0, 0.05) is 48.7 Å². The van der Waals surface area contributed by atoms with Crippen LogP contribution in [0, 0.1) is 5.92 Å². The Bertz CT molecular complexity index is 1050. The number of nitrogens with zero attached hydrogens (tertiary/aromatic N) is 2. The van der Waals surface area contributed by atoms with Gasteiger partial charge in [0.15, 0.2) is 12.0 Å². The van der Waals surface area contributed by atoms with Crippen LogP contribution in [0.15, 0.2) is 47.6 Å². The fourth-order valence-electron chi connectivity index (χ4n) is 4.02. The number of esters is 1. The fourth-order valence-corrected chi connectivity index (χ4v) is 4.90. The number of hydrogen-bond donors (Lipinski definition) is 1. The minimum Gasteiger partial charge on any atom is -0.475 e. The second-order valence-corrected chi connectivity index (χ2v) is 9.77. The summed E-state index contributed by atoms with van der Waals surface area (Å²) in [6.07, 6.45) is 1.92. The zero-order chi connectivity index (χ0) is 24.6. The van der Waals surface area contributed by atoms with Crippen molar-refractivity contribution in [2.75, 3.05) is 44.9 Å². The summed E-state index contributed by atoms with van der Waals surface area (Å²) in [4.78, 5) is 25.1. The van der Waals surface area contributed by atoms with Crippen molar-refractivity contribution in [1.29, 1.82) is 0 Å². The highest BCUT2D eigenvalue weighted by Gasteiger charge is 2.30. The molecular weight excluding hydrogens is 466 g/mol. The summed E-state index contributed by atoms with van der Waals surface area (Å²) in [5, 5.41) is 6.60. The molecule has 2 atom stereocenters. The van der Waals surface area contributed by atoms with Gasteiger partial charge in [0.25, 0.3) is 0 Å². The smallest absolute Gasteiger partial charge is 0.306 e. The third-order valence-corrected chi connectivity index (χ3v) is 6.99. The molecule has 4 rings (SSSR count). The summed E-state index contributed by atoms with van der Waals surface area (Å²) in [6, 6.07) is 12.8. The Kier molecular flexibility index (Phi) is 8.79. The van der Waals surface area contributed by atoms with Crippen molar-refractivity contribution in [3.63, 3.8) is 0 Å². The first-order chi connectivity index (χ1) is 17.0. The maximum absolute atomic E-state index is 13.1. The molecule has 2 N–H and O–H groups in total. The van der Waals surface area contributed by atoms with Gasteiger partial charge in [0.1, 0.15) is 12.4 Å². The van der Waals surface area contributed by atoms with E-state index in [0.717, 1.165) is 35.7 Å². The predicted octanol–water partition coefficient (Wildman–Crippen LogP) is 2.72. The first-order valence-corrected chi connectivity index (χ1v) is 12.9. The van der Waals surface area contributed by atoms with E-state index >= 15 is 0 Å². The van der Waals surface area contributed by atoms with Gasteiger partial charge in [0.2, 0.25) is 0 Å². The zero-order valence-electron chi connectivity index (χ0n) is 19.9. The molecule has 8 nitrogen and oxygen atoms in total. The third kappa shape index (κ3) is 6.84. The highest BCUT2D eigenvalue weighted by atomic mass is 32.2. The lowest BCUT2D eigenvalue weighted by molar-refractivity contribution is -0.147. The molecule has 186 valence electrons. The maximum Gasteiger partial charge on any atom is 0.306 e. The molecule has 0 aromatic heterocycles. The molecule has 35 heavy (non-hydrogen) atoms. The van der Waals surface area contributed by atoms with Gasteiger partial charge in [0.05, 0.1) is 19.2 Å². The largest absolute Gasteiger partial charge is 0.475 e. The minimum atomic E-state index is -0.653. The summed E-state index contributed by atoms with van der Waals surface area (Å²) in [7, 11) is 1.55. The first kappa shape index (κ1) is 25.2. The van der Waals surface area contributed by atoms with Crippen LogP contribution in [0.1, 0.15) is 33.5 Å². The highest BCUT2D eigenvalue weighted by molar-refractivity contribution is 7.99. The van der Waals surface area contributed by atoms with Crippen LogP contribution in [0.5, 0.6) is 5.75 Å². The first-order valence-electron chi connectivity index (χ1n) is 11.7. The van der Waals surface area contributed by atoms with Crippen molar-refractivity contribution in [1.82, 2.24) is 5.01 Å². The average molecular weight is 498 g/mol. The van der Waals surface area contributed by atoms with Crippen LogP contribution < -0.4 is 10.5 Å². The van der Waals surface area contributed by atoms with E-state index in [2.05, 4.69) is 10.1 Å². The Balaban J connectivity index is 1.37. The Morgan fingerprint density at radius 1 is 1.14 bits per heavy atom. The van der Waals surface area contributed by atoms with Crippen LogP contribution in [0.25, 0.3) is 0 Å². The third-order valence-electron chi connectivity index (χ3n) is 6.05. The molecule has 2 unspecified atom stereocenters. The second-order valence-electron chi connectivity index (χ2n) is 8.55. The number of fused-ring (bicyclic) bond motifs is 1. The van der Waals surface area contributed by atoms with E-state index in [4.69, 9.17) is 19.9 Å². The molecule has 2 heterocycles. The van der Waals surface area contributed by atoms with Crippen molar-refractivity contribution < 1.29 is 23.8 Å². The fraction of sp³-hybridized carbons (Fsp3) is 0.423. The van der Waals surface area contributed by atoms with E-state index in [-0.39, 0.29) is 30.7 Å². The number of rotatable bonds is 9. The van der Waals surface area contributed by atoms with Gasteiger partial charge < -0.3 is 14.2 Å². The Morgan fingerprint density at radius 3 is 2.63 bits per heavy atom. The average Bonchev–Trinajstić information content (AvgIpc) is 2.88. The summed E-state index contributed by atoms with van der Waals surface area (Å²) in [5.41, 5.74) is 9.16. The van der Waals surface area contributed by atoms with Crippen LogP contribution in [0.4, 0.5) is 0 Å². The van der Waals surface area contributed by atoms with Crippen molar-refractivity contribution in [2.24, 2.45) is 16.8 Å². The van der Waals surface area contributed by atoms with E-state index in [1.807, 2.05) is 48.3 Å². The van der Waals surface area contributed by atoms with Crippen molar-refractivity contribution in [3.8, 4) is 5.75 Å². The monoisotopic (exact) mass is 497 g/mol. The standard InChI is InChI=1S/C26H31N3O5S/c1-32-10-11-33-24(30)16-22-14-20-6-7-21(15-23(20)34-26(22)27)25(31)19-4-2-18(3-5-19)17-28-29-8-12-35-13-9-29/h2-7,15,17,22,26H,8-14,16,27H2,1H3. The number of carbonyl (C=O) groups excluding carboxylic acids is 2. The van der Waals surface area contributed by atoms with E-state index in [0.29, 0.717) is 29.9 Å². The van der Waals surface area contributed by atoms with Gasteiger partial charge in [-0.2, -0.15) is 16.9 Å². The molecule has 0 saturated carbocycles. The molecule has 0 aliphatic carbocycles. The van der Waals surface area contributed by atoms with Crippen LogP contribution in [0.2, 0.25) is 0 Å². The van der Waals surface area contributed by atoms with Crippen LogP contribution in [-0.4, -0.2) is 74.1 Å². The second kappa shape index (κ2) is 12.2. The number of hydrogen-bond acceptors (Lipinski definition) is 9. The molecule has 1 saturated heterocycles. The number of nitrogens with two attached hydrogens (primary N) is 1.